The molecule has 0 aliphatic rings. The average molecular weight is 311 g/mol. The molecule has 0 spiro atoms. The van der Waals surface area contributed by atoms with E-state index >= 15 is 0 Å². The van der Waals surface area contributed by atoms with Crippen LogP contribution in [0, 0.1) is 0 Å². The minimum absolute atomic E-state index is 0.100. The third-order valence-corrected chi connectivity index (χ3v) is 4.50. The second-order valence-corrected chi connectivity index (χ2v) is 9.29. The van der Waals surface area contributed by atoms with Gasteiger partial charge in [-0.25, -0.2) is 5.06 Å². The number of aryl methyl sites for hydroxylation is 1. The SMILES string of the molecule is CC(=O)N(CCCP(C)(C)=O)OCCCc1ccccc1. The normalized spacial score (nSPS) is 11.4. The van der Waals surface area contributed by atoms with E-state index in [1.807, 2.05) is 18.2 Å². The van der Waals surface area contributed by atoms with Gasteiger partial charge in [-0.05, 0) is 38.2 Å². The van der Waals surface area contributed by atoms with Gasteiger partial charge in [0.1, 0.15) is 0 Å². The molecule has 1 aromatic rings. The Hall–Kier alpha value is -1.12. The molecule has 1 aromatic carbocycles. The highest BCUT2D eigenvalue weighted by molar-refractivity contribution is 7.62. The maximum Gasteiger partial charge on any atom is 0.242 e. The van der Waals surface area contributed by atoms with Crippen molar-refractivity contribution in [2.75, 3.05) is 32.6 Å². The second kappa shape index (κ2) is 9.01. The summed E-state index contributed by atoms with van der Waals surface area (Å²) >= 11 is 0. The topological polar surface area (TPSA) is 46.6 Å². The van der Waals surface area contributed by atoms with Gasteiger partial charge in [0.25, 0.3) is 0 Å². The van der Waals surface area contributed by atoms with Gasteiger partial charge >= 0.3 is 0 Å². The quantitative estimate of drug-likeness (QED) is 0.399. The minimum Gasteiger partial charge on any atom is -0.324 e. The third-order valence-electron chi connectivity index (χ3n) is 3.11. The molecular weight excluding hydrogens is 285 g/mol. The van der Waals surface area contributed by atoms with Crippen molar-refractivity contribution in [3.05, 3.63) is 35.9 Å². The van der Waals surface area contributed by atoms with Gasteiger partial charge in [-0.3, -0.25) is 9.63 Å². The van der Waals surface area contributed by atoms with Crippen molar-refractivity contribution in [1.82, 2.24) is 5.06 Å². The van der Waals surface area contributed by atoms with E-state index in [0.29, 0.717) is 25.7 Å². The number of carbonyl (C=O) groups is 1. The Bertz CT molecular complexity index is 470. The molecule has 118 valence electrons. The first kappa shape index (κ1) is 17.9. The first-order valence-corrected chi connectivity index (χ1v) is 10.2. The van der Waals surface area contributed by atoms with Crippen LogP contribution in [-0.4, -0.2) is 43.6 Å². The molecular formula is C16H26NO3P. The van der Waals surface area contributed by atoms with Gasteiger partial charge < -0.3 is 4.57 Å². The fourth-order valence-electron chi connectivity index (χ4n) is 2.00. The van der Waals surface area contributed by atoms with Gasteiger partial charge in [-0.15, -0.1) is 0 Å². The lowest BCUT2D eigenvalue weighted by atomic mass is 10.1. The fourth-order valence-corrected chi connectivity index (χ4v) is 2.91. The molecule has 0 atom stereocenters. The van der Waals surface area contributed by atoms with Crippen LogP contribution in [0.4, 0.5) is 0 Å². The highest BCUT2D eigenvalue weighted by Gasteiger charge is 2.12. The lowest BCUT2D eigenvalue weighted by Crippen LogP contribution is -2.31. The summed E-state index contributed by atoms with van der Waals surface area (Å²) < 4.78 is 11.6. The molecule has 0 bridgehead atoms. The number of amides is 1. The number of hydrogen-bond donors (Lipinski definition) is 0. The van der Waals surface area contributed by atoms with Crippen molar-refractivity contribution >= 4 is 13.0 Å². The molecule has 1 rings (SSSR count). The van der Waals surface area contributed by atoms with Crippen LogP contribution in [0.3, 0.4) is 0 Å². The number of carbonyl (C=O) groups excluding carboxylic acids is 1. The number of hydroxylamine groups is 2. The van der Waals surface area contributed by atoms with Crippen molar-refractivity contribution in [3.63, 3.8) is 0 Å². The van der Waals surface area contributed by atoms with Crippen molar-refractivity contribution < 1.29 is 14.2 Å². The van der Waals surface area contributed by atoms with E-state index in [4.69, 9.17) is 4.84 Å². The Morgan fingerprint density at radius 3 is 2.43 bits per heavy atom. The summed E-state index contributed by atoms with van der Waals surface area (Å²) in [6.07, 6.45) is 3.16. The van der Waals surface area contributed by atoms with Gasteiger partial charge in [-0.2, -0.15) is 0 Å². The van der Waals surface area contributed by atoms with E-state index in [1.54, 1.807) is 13.3 Å². The van der Waals surface area contributed by atoms with Crippen LogP contribution >= 0.6 is 7.14 Å². The fraction of sp³-hybridized carbons (Fsp3) is 0.562. The van der Waals surface area contributed by atoms with Gasteiger partial charge in [0.2, 0.25) is 5.91 Å². The lowest BCUT2D eigenvalue weighted by molar-refractivity contribution is -0.184. The molecule has 0 saturated carbocycles. The Balaban J connectivity index is 2.25. The maximum absolute atomic E-state index is 11.6. The molecule has 0 saturated heterocycles. The monoisotopic (exact) mass is 311 g/mol. The van der Waals surface area contributed by atoms with E-state index < -0.39 is 7.14 Å². The summed E-state index contributed by atoms with van der Waals surface area (Å²) in [5.41, 5.74) is 1.27. The molecule has 0 aliphatic heterocycles. The van der Waals surface area contributed by atoms with E-state index in [-0.39, 0.29) is 5.91 Å². The van der Waals surface area contributed by atoms with Gasteiger partial charge in [-0.1, -0.05) is 30.3 Å². The van der Waals surface area contributed by atoms with Crippen LogP contribution in [0.25, 0.3) is 0 Å². The summed E-state index contributed by atoms with van der Waals surface area (Å²) in [5, 5.41) is 1.39. The first-order valence-electron chi connectivity index (χ1n) is 7.37. The van der Waals surface area contributed by atoms with Crippen LogP contribution in [-0.2, 0) is 20.6 Å². The summed E-state index contributed by atoms with van der Waals surface area (Å²) in [5.74, 6) is -0.100. The van der Waals surface area contributed by atoms with Gasteiger partial charge in [0.05, 0.1) is 13.7 Å². The molecule has 0 aromatic heterocycles. The van der Waals surface area contributed by atoms with Crippen LogP contribution < -0.4 is 0 Å². The van der Waals surface area contributed by atoms with E-state index in [1.165, 1.54) is 17.6 Å². The summed E-state index contributed by atoms with van der Waals surface area (Å²) in [6, 6.07) is 10.2. The Morgan fingerprint density at radius 1 is 1.19 bits per heavy atom. The molecule has 0 heterocycles. The molecule has 21 heavy (non-hydrogen) atoms. The zero-order valence-electron chi connectivity index (χ0n) is 13.2. The van der Waals surface area contributed by atoms with Crippen LogP contribution in [0.15, 0.2) is 30.3 Å². The second-order valence-electron chi connectivity index (χ2n) is 5.69. The number of nitrogens with zero attached hydrogens (tertiary/aromatic N) is 1. The van der Waals surface area contributed by atoms with Crippen LogP contribution in [0.1, 0.15) is 25.3 Å². The van der Waals surface area contributed by atoms with Gasteiger partial charge in [0, 0.05) is 19.6 Å². The lowest BCUT2D eigenvalue weighted by Gasteiger charge is -2.20. The Labute approximate surface area is 127 Å². The third kappa shape index (κ3) is 8.69. The molecule has 0 aliphatic carbocycles. The molecule has 0 N–H and O–H groups in total. The Kier molecular flexibility index (Phi) is 7.69. The van der Waals surface area contributed by atoms with Crippen molar-refractivity contribution in [1.29, 1.82) is 0 Å². The molecule has 4 nitrogen and oxygen atoms in total. The predicted molar refractivity (Wildman–Crippen MR) is 87.0 cm³/mol. The molecule has 0 unspecified atom stereocenters. The Morgan fingerprint density at radius 2 is 1.86 bits per heavy atom. The molecule has 1 amide bonds. The van der Waals surface area contributed by atoms with E-state index in [2.05, 4.69) is 12.1 Å². The summed E-state index contributed by atoms with van der Waals surface area (Å²) in [4.78, 5) is 17.0. The van der Waals surface area contributed by atoms with Crippen LogP contribution in [0.2, 0.25) is 0 Å². The zero-order chi connectivity index (χ0) is 15.7. The smallest absolute Gasteiger partial charge is 0.242 e. The minimum atomic E-state index is -2.02. The maximum atomic E-state index is 11.6. The molecule has 0 radical (unpaired) electrons. The van der Waals surface area contributed by atoms with E-state index in [0.717, 1.165) is 12.8 Å². The number of rotatable bonds is 9. The first-order chi connectivity index (χ1) is 9.88. The van der Waals surface area contributed by atoms with E-state index in [9.17, 15) is 9.36 Å². The zero-order valence-corrected chi connectivity index (χ0v) is 14.1. The standard InChI is InChI=1S/C16H26NO3P/c1-15(18)17(12-8-14-21(2,3)19)20-13-7-11-16-9-5-4-6-10-16/h4-6,9-10H,7-8,11-14H2,1-3H3. The molecule has 0 fully saturated rings. The summed E-state index contributed by atoms with van der Waals surface area (Å²) in [6.45, 7) is 6.06. The number of benzene rings is 1. The number of hydrogen-bond acceptors (Lipinski definition) is 3. The highest BCUT2D eigenvalue weighted by Crippen LogP contribution is 2.36. The molecule has 5 heteroatoms. The van der Waals surface area contributed by atoms with Crippen LogP contribution in [0.5, 0.6) is 0 Å². The largest absolute Gasteiger partial charge is 0.324 e. The average Bonchev–Trinajstić information content (AvgIpc) is 2.41. The highest BCUT2D eigenvalue weighted by atomic mass is 31.2. The summed E-state index contributed by atoms with van der Waals surface area (Å²) in [7, 11) is -2.02. The van der Waals surface area contributed by atoms with Gasteiger partial charge in [0.15, 0.2) is 0 Å². The van der Waals surface area contributed by atoms with Crippen molar-refractivity contribution in [3.8, 4) is 0 Å². The van der Waals surface area contributed by atoms with Crippen molar-refractivity contribution in [2.24, 2.45) is 0 Å². The predicted octanol–water partition coefficient (Wildman–Crippen LogP) is 3.41. The van der Waals surface area contributed by atoms with Crippen molar-refractivity contribution in [2.45, 2.75) is 26.2 Å².